The Labute approximate surface area is 154 Å². The van der Waals surface area contributed by atoms with E-state index in [1.165, 1.54) is 12.8 Å². The third kappa shape index (κ3) is 6.78. The molecular formula is C21H40F2O2. The Kier molecular flexibility index (Phi) is 10.5. The van der Waals surface area contributed by atoms with Crippen molar-refractivity contribution in [3.8, 4) is 0 Å². The van der Waals surface area contributed by atoms with Gasteiger partial charge in [0.2, 0.25) is 0 Å². The maximum atomic E-state index is 14.5. The predicted octanol–water partition coefficient (Wildman–Crippen LogP) is 6.12. The number of halogens is 2. The third-order valence-electron chi connectivity index (χ3n) is 5.78. The molecule has 0 bridgehead atoms. The van der Waals surface area contributed by atoms with Gasteiger partial charge in [0.1, 0.15) is 0 Å². The Hall–Kier alpha value is -0.220. The van der Waals surface area contributed by atoms with Gasteiger partial charge in [-0.3, -0.25) is 0 Å². The Morgan fingerprint density at radius 3 is 2.16 bits per heavy atom. The molecule has 2 aliphatic carbocycles. The van der Waals surface area contributed by atoms with E-state index in [2.05, 4.69) is 6.92 Å². The van der Waals surface area contributed by atoms with E-state index in [1.54, 1.807) is 0 Å². The summed E-state index contributed by atoms with van der Waals surface area (Å²) in [6.07, 6.45) is 1.68. The molecule has 0 aromatic carbocycles. The summed E-state index contributed by atoms with van der Waals surface area (Å²) in [5.74, 6) is 1.30. The van der Waals surface area contributed by atoms with Gasteiger partial charge >= 0.3 is 0 Å². The van der Waals surface area contributed by atoms with Crippen LogP contribution in [0.15, 0.2) is 0 Å². The van der Waals surface area contributed by atoms with Gasteiger partial charge in [-0.1, -0.05) is 47.5 Å². The van der Waals surface area contributed by atoms with E-state index >= 15 is 0 Å². The SMILES string of the molecule is CC.CCC(C)OC1C(C)CC(OCC2CCC(C)CC2)C(F)C1F. The molecule has 0 saturated heterocycles. The van der Waals surface area contributed by atoms with Crippen LogP contribution >= 0.6 is 0 Å². The van der Waals surface area contributed by atoms with Crippen molar-refractivity contribution in [3.05, 3.63) is 0 Å². The van der Waals surface area contributed by atoms with Crippen LogP contribution in [0, 0.1) is 17.8 Å². The largest absolute Gasteiger partial charge is 0.375 e. The molecule has 6 unspecified atom stereocenters. The van der Waals surface area contributed by atoms with Crippen molar-refractivity contribution in [1.29, 1.82) is 0 Å². The third-order valence-corrected chi connectivity index (χ3v) is 5.78. The van der Waals surface area contributed by atoms with Crippen LogP contribution in [0.5, 0.6) is 0 Å². The topological polar surface area (TPSA) is 18.5 Å². The quantitative estimate of drug-likeness (QED) is 0.566. The normalized spacial score (nSPS) is 40.1. The van der Waals surface area contributed by atoms with Gasteiger partial charge in [-0.2, -0.15) is 0 Å². The van der Waals surface area contributed by atoms with Crippen molar-refractivity contribution in [2.45, 2.75) is 111 Å². The van der Waals surface area contributed by atoms with Gasteiger partial charge in [-0.25, -0.2) is 8.78 Å². The maximum Gasteiger partial charge on any atom is 0.160 e. The minimum Gasteiger partial charge on any atom is -0.375 e. The summed E-state index contributed by atoms with van der Waals surface area (Å²) in [6, 6.07) is 0. The summed E-state index contributed by atoms with van der Waals surface area (Å²) < 4.78 is 40.5. The summed E-state index contributed by atoms with van der Waals surface area (Å²) >= 11 is 0. The van der Waals surface area contributed by atoms with Crippen LogP contribution in [0.25, 0.3) is 0 Å². The molecule has 150 valence electrons. The molecule has 0 N–H and O–H groups in total. The molecule has 0 aromatic rings. The van der Waals surface area contributed by atoms with Gasteiger partial charge < -0.3 is 9.47 Å². The van der Waals surface area contributed by atoms with E-state index in [-0.39, 0.29) is 12.0 Å². The van der Waals surface area contributed by atoms with Crippen LogP contribution < -0.4 is 0 Å². The maximum absolute atomic E-state index is 14.5. The Bertz CT molecular complexity index is 345. The molecule has 2 nitrogen and oxygen atoms in total. The monoisotopic (exact) mass is 362 g/mol. The average Bonchev–Trinajstić information content (AvgIpc) is 2.63. The van der Waals surface area contributed by atoms with E-state index < -0.39 is 24.6 Å². The van der Waals surface area contributed by atoms with Crippen molar-refractivity contribution < 1.29 is 18.3 Å². The highest BCUT2D eigenvalue weighted by Gasteiger charge is 2.46. The zero-order chi connectivity index (χ0) is 19.0. The van der Waals surface area contributed by atoms with E-state index in [4.69, 9.17) is 9.47 Å². The van der Waals surface area contributed by atoms with Crippen LogP contribution in [-0.4, -0.2) is 37.3 Å². The van der Waals surface area contributed by atoms with Crippen LogP contribution in [0.1, 0.15) is 80.1 Å². The molecule has 2 aliphatic rings. The van der Waals surface area contributed by atoms with Crippen molar-refractivity contribution >= 4 is 0 Å². The number of alkyl halides is 2. The first-order valence-electron chi connectivity index (χ1n) is 10.5. The average molecular weight is 363 g/mol. The van der Waals surface area contributed by atoms with Gasteiger partial charge in [0.25, 0.3) is 0 Å². The highest BCUT2D eigenvalue weighted by Crippen LogP contribution is 2.35. The summed E-state index contributed by atoms with van der Waals surface area (Å²) in [6.45, 7) is 12.7. The fraction of sp³-hybridized carbons (Fsp3) is 1.00. The lowest BCUT2D eigenvalue weighted by atomic mass is 9.82. The van der Waals surface area contributed by atoms with Gasteiger partial charge in [-0.05, 0) is 50.4 Å². The first-order chi connectivity index (χ1) is 11.9. The van der Waals surface area contributed by atoms with Gasteiger partial charge in [-0.15, -0.1) is 0 Å². The summed E-state index contributed by atoms with van der Waals surface area (Å²) in [5, 5.41) is 0. The van der Waals surface area contributed by atoms with Crippen molar-refractivity contribution in [3.63, 3.8) is 0 Å². The van der Waals surface area contributed by atoms with Crippen LogP contribution in [0.3, 0.4) is 0 Å². The Morgan fingerprint density at radius 2 is 1.60 bits per heavy atom. The predicted molar refractivity (Wildman–Crippen MR) is 100 cm³/mol. The minimum atomic E-state index is -1.58. The number of ether oxygens (including phenoxy) is 2. The number of hydrogen-bond acceptors (Lipinski definition) is 2. The lowest BCUT2D eigenvalue weighted by Crippen LogP contribution is -2.51. The summed E-state index contributed by atoms with van der Waals surface area (Å²) in [4.78, 5) is 0. The van der Waals surface area contributed by atoms with E-state index in [1.807, 2.05) is 34.6 Å². The second-order valence-corrected chi connectivity index (χ2v) is 7.92. The molecule has 0 amide bonds. The van der Waals surface area contributed by atoms with Gasteiger partial charge in [0, 0.05) is 6.61 Å². The number of hydrogen-bond donors (Lipinski definition) is 0. The smallest absolute Gasteiger partial charge is 0.160 e. The Balaban J connectivity index is 0.00000151. The molecule has 0 aromatic heterocycles. The molecule has 2 fully saturated rings. The molecule has 25 heavy (non-hydrogen) atoms. The fourth-order valence-corrected chi connectivity index (χ4v) is 3.82. The molecule has 2 rings (SSSR count). The lowest BCUT2D eigenvalue weighted by molar-refractivity contribution is -0.158. The highest BCUT2D eigenvalue weighted by molar-refractivity contribution is 4.94. The lowest BCUT2D eigenvalue weighted by Gasteiger charge is -2.40. The van der Waals surface area contributed by atoms with Crippen molar-refractivity contribution in [1.82, 2.24) is 0 Å². The minimum absolute atomic E-state index is 0.0117. The fourth-order valence-electron chi connectivity index (χ4n) is 3.82. The Morgan fingerprint density at radius 1 is 1.00 bits per heavy atom. The van der Waals surface area contributed by atoms with Gasteiger partial charge in [0.15, 0.2) is 12.3 Å². The second kappa shape index (κ2) is 11.5. The second-order valence-electron chi connectivity index (χ2n) is 7.92. The molecule has 2 saturated carbocycles. The van der Waals surface area contributed by atoms with E-state index in [9.17, 15) is 8.78 Å². The molecule has 0 spiro atoms. The molecule has 6 atom stereocenters. The zero-order valence-corrected chi connectivity index (χ0v) is 17.1. The molecule has 0 aliphatic heterocycles. The van der Waals surface area contributed by atoms with E-state index in [0.29, 0.717) is 18.9 Å². The first-order valence-corrected chi connectivity index (χ1v) is 10.5. The summed E-state index contributed by atoms with van der Waals surface area (Å²) in [5.41, 5.74) is 0. The van der Waals surface area contributed by atoms with Crippen LogP contribution in [0.4, 0.5) is 8.78 Å². The van der Waals surface area contributed by atoms with E-state index in [0.717, 1.165) is 25.2 Å². The number of rotatable bonds is 6. The van der Waals surface area contributed by atoms with Crippen molar-refractivity contribution in [2.24, 2.45) is 17.8 Å². The first kappa shape index (κ1) is 22.8. The molecule has 0 radical (unpaired) electrons. The highest BCUT2D eigenvalue weighted by atomic mass is 19.2. The molecule has 4 heteroatoms. The summed E-state index contributed by atoms with van der Waals surface area (Å²) in [7, 11) is 0. The van der Waals surface area contributed by atoms with Crippen molar-refractivity contribution in [2.75, 3.05) is 6.61 Å². The van der Waals surface area contributed by atoms with Gasteiger partial charge in [0.05, 0.1) is 18.3 Å². The standard InChI is InChI=1S/C19H34F2O2.C2H6/c1-5-14(4)23-19-13(3)10-16(17(20)18(19)21)22-11-15-8-6-12(2)7-9-15;1-2/h12-19H,5-11H2,1-4H3;1-2H3. The molecule has 0 heterocycles. The molecular weight excluding hydrogens is 322 g/mol. The van der Waals surface area contributed by atoms with Crippen LogP contribution in [0.2, 0.25) is 0 Å². The van der Waals surface area contributed by atoms with Crippen LogP contribution in [-0.2, 0) is 9.47 Å². The zero-order valence-electron chi connectivity index (χ0n) is 17.1.